The molecule has 0 saturated heterocycles. The fraction of sp³-hybridized carbons (Fsp3) is 0.381. The van der Waals surface area contributed by atoms with Crippen LogP contribution in [0.5, 0.6) is 5.75 Å². The van der Waals surface area contributed by atoms with E-state index in [1.807, 2.05) is 31.4 Å². The number of nitrogens with zero attached hydrogens (tertiary/aromatic N) is 3. The van der Waals surface area contributed by atoms with Crippen molar-refractivity contribution in [2.45, 2.75) is 39.3 Å². The van der Waals surface area contributed by atoms with Crippen LogP contribution < -0.4 is 15.6 Å². The molecule has 1 aromatic carbocycles. The van der Waals surface area contributed by atoms with Crippen LogP contribution in [0.15, 0.2) is 34.4 Å². The number of benzene rings is 1. The zero-order chi connectivity index (χ0) is 19.7. The molecule has 3 aromatic rings. The lowest BCUT2D eigenvalue weighted by molar-refractivity contribution is 0.267. The number of aromatic nitrogens is 3. The molecule has 0 saturated carbocycles. The van der Waals surface area contributed by atoms with E-state index in [9.17, 15) is 4.79 Å². The summed E-state index contributed by atoms with van der Waals surface area (Å²) >= 11 is 1.51. The van der Waals surface area contributed by atoms with Crippen molar-refractivity contribution in [1.29, 1.82) is 0 Å². The number of thiazole rings is 1. The Morgan fingerprint density at radius 1 is 1.32 bits per heavy atom. The molecule has 0 fully saturated rings. The van der Waals surface area contributed by atoms with Crippen LogP contribution >= 0.6 is 11.3 Å². The molecule has 1 N–H and O–H groups in total. The zero-order valence-corrected chi connectivity index (χ0v) is 17.2. The molecule has 3 heterocycles. The summed E-state index contributed by atoms with van der Waals surface area (Å²) in [5, 5.41) is 10.6. The van der Waals surface area contributed by atoms with Gasteiger partial charge in [-0.25, -0.2) is 9.67 Å². The van der Waals surface area contributed by atoms with E-state index in [-0.39, 0.29) is 11.6 Å². The molecule has 1 aliphatic heterocycles. The lowest BCUT2D eigenvalue weighted by Gasteiger charge is -2.15. The van der Waals surface area contributed by atoms with Crippen LogP contribution in [0.4, 0.5) is 0 Å². The second-order valence-electron chi connectivity index (χ2n) is 7.19. The highest BCUT2D eigenvalue weighted by Gasteiger charge is 2.18. The quantitative estimate of drug-likeness (QED) is 0.734. The first-order valence-electron chi connectivity index (χ1n) is 9.46. The average Bonchev–Trinajstić information content (AvgIpc) is 3.05. The molecule has 1 atom stereocenters. The predicted octanol–water partition coefficient (Wildman–Crippen LogP) is 3.00. The van der Waals surface area contributed by atoms with Gasteiger partial charge in [0.25, 0.3) is 5.56 Å². The van der Waals surface area contributed by atoms with E-state index < -0.39 is 0 Å². The number of hydrogen-bond donors (Lipinski definition) is 1. The van der Waals surface area contributed by atoms with Crippen molar-refractivity contribution in [1.82, 2.24) is 20.1 Å². The van der Waals surface area contributed by atoms with Gasteiger partial charge < -0.3 is 10.1 Å². The van der Waals surface area contributed by atoms with Gasteiger partial charge in [0, 0.05) is 25.0 Å². The predicted molar refractivity (Wildman–Crippen MR) is 111 cm³/mol. The Labute approximate surface area is 168 Å². The minimum Gasteiger partial charge on any atom is -0.492 e. The van der Waals surface area contributed by atoms with Gasteiger partial charge in [0.05, 0.1) is 17.0 Å². The third-order valence-corrected chi connectivity index (χ3v) is 6.15. The van der Waals surface area contributed by atoms with E-state index in [0.717, 1.165) is 40.6 Å². The molecule has 0 radical (unpaired) electrons. The highest BCUT2D eigenvalue weighted by Crippen LogP contribution is 2.26. The highest BCUT2D eigenvalue weighted by molar-refractivity contribution is 7.13. The van der Waals surface area contributed by atoms with E-state index in [0.29, 0.717) is 18.7 Å². The van der Waals surface area contributed by atoms with Crippen LogP contribution in [0, 0.1) is 13.8 Å². The van der Waals surface area contributed by atoms with Crippen molar-refractivity contribution >= 4 is 11.3 Å². The van der Waals surface area contributed by atoms with Crippen LogP contribution in [0.2, 0.25) is 0 Å². The van der Waals surface area contributed by atoms with Crippen LogP contribution in [-0.2, 0) is 20.0 Å². The highest BCUT2D eigenvalue weighted by atomic mass is 32.1. The summed E-state index contributed by atoms with van der Waals surface area (Å²) < 4.78 is 7.34. The molecule has 146 valence electrons. The standard InChI is InChI=1S/C21H24N4O2S/c1-13-14(2)24-25(3)21(26)19(13)20-23-17(12-28-20)10-22-16-9-8-15-6-4-5-7-18(15)27-11-16/h4-7,12,16,22H,8-11H2,1-3H3. The van der Waals surface area contributed by atoms with Crippen molar-refractivity contribution < 1.29 is 4.74 Å². The van der Waals surface area contributed by atoms with Gasteiger partial charge in [-0.15, -0.1) is 11.3 Å². The molecule has 4 rings (SSSR count). The molecule has 7 heteroatoms. The van der Waals surface area contributed by atoms with Gasteiger partial charge >= 0.3 is 0 Å². The monoisotopic (exact) mass is 396 g/mol. The molecule has 1 aliphatic rings. The first kappa shape index (κ1) is 18.8. The number of ether oxygens (including phenoxy) is 1. The lowest BCUT2D eigenvalue weighted by atomic mass is 10.1. The maximum atomic E-state index is 12.5. The van der Waals surface area contributed by atoms with E-state index in [2.05, 4.69) is 22.5 Å². The Bertz CT molecular complexity index is 1030. The van der Waals surface area contributed by atoms with Gasteiger partial charge in [-0.2, -0.15) is 5.10 Å². The van der Waals surface area contributed by atoms with Gasteiger partial charge in [0.15, 0.2) is 0 Å². The second-order valence-corrected chi connectivity index (χ2v) is 8.05. The third-order valence-electron chi connectivity index (χ3n) is 5.24. The van der Waals surface area contributed by atoms with Crippen LogP contribution in [-0.4, -0.2) is 27.4 Å². The van der Waals surface area contributed by atoms with E-state index in [1.165, 1.54) is 21.6 Å². The van der Waals surface area contributed by atoms with Crippen molar-refractivity contribution in [2.24, 2.45) is 7.05 Å². The minimum absolute atomic E-state index is 0.105. The molecule has 0 spiro atoms. The van der Waals surface area contributed by atoms with Gasteiger partial charge in [-0.1, -0.05) is 18.2 Å². The van der Waals surface area contributed by atoms with E-state index in [1.54, 1.807) is 7.05 Å². The maximum Gasteiger partial charge on any atom is 0.277 e. The number of fused-ring (bicyclic) bond motifs is 1. The van der Waals surface area contributed by atoms with Crippen molar-refractivity contribution in [2.75, 3.05) is 6.61 Å². The largest absolute Gasteiger partial charge is 0.492 e. The van der Waals surface area contributed by atoms with Crippen molar-refractivity contribution in [3.63, 3.8) is 0 Å². The number of para-hydroxylation sites is 1. The zero-order valence-electron chi connectivity index (χ0n) is 16.4. The SMILES string of the molecule is Cc1nn(C)c(=O)c(-c2nc(CNC3CCc4ccccc4OC3)cs2)c1C. The Hall–Kier alpha value is -2.51. The lowest BCUT2D eigenvalue weighted by Crippen LogP contribution is -2.33. The summed E-state index contributed by atoms with van der Waals surface area (Å²) in [4.78, 5) is 17.2. The molecule has 2 aromatic heterocycles. The van der Waals surface area contributed by atoms with Gasteiger partial charge in [-0.3, -0.25) is 4.79 Å². The maximum absolute atomic E-state index is 12.5. The average molecular weight is 397 g/mol. The van der Waals surface area contributed by atoms with Crippen LogP contribution in [0.1, 0.15) is 28.9 Å². The fourth-order valence-corrected chi connectivity index (χ4v) is 4.38. The molecule has 0 bridgehead atoms. The number of nitrogens with one attached hydrogen (secondary N) is 1. The Balaban J connectivity index is 1.45. The summed E-state index contributed by atoms with van der Waals surface area (Å²) in [6.45, 7) is 5.15. The third kappa shape index (κ3) is 3.72. The van der Waals surface area contributed by atoms with Crippen molar-refractivity contribution in [3.8, 4) is 16.3 Å². The molecule has 0 amide bonds. The first-order chi connectivity index (χ1) is 13.5. The van der Waals surface area contributed by atoms with E-state index >= 15 is 0 Å². The van der Waals surface area contributed by atoms with Crippen LogP contribution in [0.3, 0.4) is 0 Å². The fourth-order valence-electron chi connectivity index (χ4n) is 3.47. The molecular formula is C21H24N4O2S. The van der Waals surface area contributed by atoms with Crippen LogP contribution in [0.25, 0.3) is 10.6 Å². The van der Waals surface area contributed by atoms with Gasteiger partial charge in [0.2, 0.25) is 0 Å². The van der Waals surface area contributed by atoms with E-state index in [4.69, 9.17) is 9.72 Å². The smallest absolute Gasteiger partial charge is 0.277 e. The summed E-state index contributed by atoms with van der Waals surface area (Å²) in [6, 6.07) is 8.50. The topological polar surface area (TPSA) is 69.0 Å². The summed E-state index contributed by atoms with van der Waals surface area (Å²) in [6.07, 6.45) is 2.03. The van der Waals surface area contributed by atoms with Gasteiger partial charge in [0.1, 0.15) is 17.4 Å². The number of rotatable bonds is 4. The summed E-state index contributed by atoms with van der Waals surface area (Å²) in [7, 11) is 1.68. The molecule has 1 unspecified atom stereocenters. The summed E-state index contributed by atoms with van der Waals surface area (Å²) in [5.41, 5.74) is 4.50. The Morgan fingerprint density at radius 3 is 3.00 bits per heavy atom. The number of aryl methyl sites for hydroxylation is 3. The normalized spacial score (nSPS) is 16.3. The minimum atomic E-state index is -0.105. The second kappa shape index (κ2) is 7.85. The molecule has 6 nitrogen and oxygen atoms in total. The van der Waals surface area contributed by atoms with Crippen molar-refractivity contribution in [3.05, 3.63) is 62.5 Å². The summed E-state index contributed by atoms with van der Waals surface area (Å²) in [5.74, 6) is 0.988. The Kier molecular flexibility index (Phi) is 5.28. The molecular weight excluding hydrogens is 372 g/mol. The molecule has 0 aliphatic carbocycles. The molecule has 28 heavy (non-hydrogen) atoms. The Morgan fingerprint density at radius 2 is 2.14 bits per heavy atom. The number of hydrogen-bond acceptors (Lipinski definition) is 6. The van der Waals surface area contributed by atoms with Gasteiger partial charge in [-0.05, 0) is 43.9 Å². The first-order valence-corrected chi connectivity index (χ1v) is 10.3.